The SMILES string of the molecule is Cc1c(Cl)csc1-c1ncnn1C. The molecule has 0 radical (unpaired) electrons. The van der Waals surface area contributed by atoms with E-state index in [1.54, 1.807) is 22.3 Å². The third-order valence-electron chi connectivity index (χ3n) is 1.89. The lowest BCUT2D eigenvalue weighted by molar-refractivity contribution is 0.775. The van der Waals surface area contributed by atoms with Crippen molar-refractivity contribution in [2.24, 2.45) is 7.05 Å². The average molecular weight is 214 g/mol. The van der Waals surface area contributed by atoms with Crippen molar-refractivity contribution < 1.29 is 0 Å². The zero-order valence-electron chi connectivity index (χ0n) is 7.28. The van der Waals surface area contributed by atoms with Crippen LogP contribution in [0.25, 0.3) is 10.7 Å². The van der Waals surface area contributed by atoms with Gasteiger partial charge in [-0.3, -0.25) is 0 Å². The molecule has 0 saturated heterocycles. The fourth-order valence-corrected chi connectivity index (χ4v) is 2.38. The Hall–Kier alpha value is -0.870. The summed E-state index contributed by atoms with van der Waals surface area (Å²) in [5, 5.41) is 6.72. The molecule has 2 aromatic rings. The topological polar surface area (TPSA) is 30.7 Å². The van der Waals surface area contributed by atoms with Gasteiger partial charge in [0.15, 0.2) is 5.82 Å². The Morgan fingerprint density at radius 1 is 1.54 bits per heavy atom. The quantitative estimate of drug-likeness (QED) is 0.729. The molecule has 0 N–H and O–H groups in total. The summed E-state index contributed by atoms with van der Waals surface area (Å²) in [4.78, 5) is 5.25. The highest BCUT2D eigenvalue weighted by atomic mass is 35.5. The Kier molecular flexibility index (Phi) is 2.09. The van der Waals surface area contributed by atoms with Gasteiger partial charge in [0.25, 0.3) is 0 Å². The van der Waals surface area contributed by atoms with Crippen molar-refractivity contribution in [3.05, 3.63) is 22.3 Å². The van der Waals surface area contributed by atoms with Crippen LogP contribution in [0.5, 0.6) is 0 Å². The molecular formula is C8H8ClN3S. The Labute approximate surface area is 85.0 Å². The molecule has 3 nitrogen and oxygen atoms in total. The minimum atomic E-state index is 0.794. The lowest BCUT2D eigenvalue weighted by Gasteiger charge is -1.97. The van der Waals surface area contributed by atoms with Crippen molar-refractivity contribution >= 4 is 22.9 Å². The van der Waals surface area contributed by atoms with Crippen LogP contribution in [0.4, 0.5) is 0 Å². The van der Waals surface area contributed by atoms with Gasteiger partial charge < -0.3 is 0 Å². The van der Waals surface area contributed by atoms with Crippen LogP contribution >= 0.6 is 22.9 Å². The van der Waals surface area contributed by atoms with E-state index < -0.39 is 0 Å². The van der Waals surface area contributed by atoms with Crippen LogP contribution < -0.4 is 0 Å². The Bertz CT molecular complexity index is 432. The molecule has 0 spiro atoms. The van der Waals surface area contributed by atoms with Gasteiger partial charge in [-0.1, -0.05) is 11.6 Å². The fourth-order valence-electron chi connectivity index (χ4n) is 1.12. The number of hydrogen-bond acceptors (Lipinski definition) is 3. The molecule has 13 heavy (non-hydrogen) atoms. The van der Waals surface area contributed by atoms with Gasteiger partial charge in [-0.05, 0) is 12.5 Å². The van der Waals surface area contributed by atoms with E-state index in [0.717, 1.165) is 21.3 Å². The van der Waals surface area contributed by atoms with Gasteiger partial charge in [-0.2, -0.15) is 5.10 Å². The summed E-state index contributed by atoms with van der Waals surface area (Å²) in [5.41, 5.74) is 1.07. The van der Waals surface area contributed by atoms with Gasteiger partial charge in [-0.15, -0.1) is 11.3 Å². The molecule has 2 aromatic heterocycles. The number of aryl methyl sites for hydroxylation is 1. The summed E-state index contributed by atoms with van der Waals surface area (Å²) in [6.07, 6.45) is 1.54. The first-order valence-corrected chi connectivity index (χ1v) is 5.04. The molecule has 0 fully saturated rings. The van der Waals surface area contributed by atoms with Crippen LogP contribution in [-0.2, 0) is 7.05 Å². The lowest BCUT2D eigenvalue weighted by atomic mass is 10.3. The first kappa shape index (κ1) is 8.72. The van der Waals surface area contributed by atoms with Crippen molar-refractivity contribution in [3.8, 4) is 10.7 Å². The number of hydrogen-bond donors (Lipinski definition) is 0. The molecule has 2 heterocycles. The number of rotatable bonds is 1. The molecule has 0 unspecified atom stereocenters. The second-order valence-corrected chi connectivity index (χ2v) is 4.03. The molecule has 0 aromatic carbocycles. The first-order valence-electron chi connectivity index (χ1n) is 3.78. The highest BCUT2D eigenvalue weighted by Gasteiger charge is 2.11. The van der Waals surface area contributed by atoms with Crippen LogP contribution in [0.2, 0.25) is 5.02 Å². The van der Waals surface area contributed by atoms with Gasteiger partial charge in [0.1, 0.15) is 6.33 Å². The van der Waals surface area contributed by atoms with Crippen molar-refractivity contribution in [1.29, 1.82) is 0 Å². The Morgan fingerprint density at radius 3 is 2.77 bits per heavy atom. The molecule has 2 rings (SSSR count). The molecule has 0 aliphatic rings. The van der Waals surface area contributed by atoms with Crippen LogP contribution in [0.15, 0.2) is 11.7 Å². The van der Waals surface area contributed by atoms with E-state index in [9.17, 15) is 0 Å². The molecule has 0 amide bonds. The van der Waals surface area contributed by atoms with Crippen molar-refractivity contribution in [2.75, 3.05) is 0 Å². The molecule has 5 heteroatoms. The highest BCUT2D eigenvalue weighted by molar-refractivity contribution is 7.14. The normalized spacial score (nSPS) is 10.7. The predicted octanol–water partition coefficient (Wildman–Crippen LogP) is 2.51. The minimum absolute atomic E-state index is 0.794. The monoisotopic (exact) mass is 213 g/mol. The summed E-state index contributed by atoms with van der Waals surface area (Å²) < 4.78 is 1.75. The second-order valence-electron chi connectivity index (χ2n) is 2.75. The average Bonchev–Trinajstić information content (AvgIpc) is 2.62. The minimum Gasteiger partial charge on any atom is -0.248 e. The van der Waals surface area contributed by atoms with E-state index in [4.69, 9.17) is 11.6 Å². The zero-order chi connectivity index (χ0) is 9.42. The lowest BCUT2D eigenvalue weighted by Crippen LogP contribution is -1.93. The third-order valence-corrected chi connectivity index (χ3v) is 3.49. The molecular weight excluding hydrogens is 206 g/mol. The Morgan fingerprint density at radius 2 is 2.31 bits per heavy atom. The van der Waals surface area contributed by atoms with Crippen molar-refractivity contribution in [1.82, 2.24) is 14.8 Å². The van der Waals surface area contributed by atoms with Crippen molar-refractivity contribution in [3.63, 3.8) is 0 Å². The maximum atomic E-state index is 5.95. The first-order chi connectivity index (χ1) is 6.20. The molecule has 68 valence electrons. The summed E-state index contributed by atoms with van der Waals surface area (Å²) in [5.74, 6) is 0.870. The third kappa shape index (κ3) is 1.36. The van der Waals surface area contributed by atoms with Crippen molar-refractivity contribution in [2.45, 2.75) is 6.92 Å². The summed E-state index contributed by atoms with van der Waals surface area (Å²) in [6.45, 7) is 1.99. The van der Waals surface area contributed by atoms with E-state index in [2.05, 4.69) is 10.1 Å². The van der Waals surface area contributed by atoms with Crippen LogP contribution in [-0.4, -0.2) is 14.8 Å². The molecule has 0 bridgehead atoms. The van der Waals surface area contributed by atoms with E-state index >= 15 is 0 Å². The van der Waals surface area contributed by atoms with E-state index in [0.29, 0.717) is 0 Å². The van der Waals surface area contributed by atoms with E-state index in [1.165, 1.54) is 0 Å². The van der Waals surface area contributed by atoms with Gasteiger partial charge in [-0.25, -0.2) is 9.67 Å². The standard InChI is InChI=1S/C8H8ClN3S/c1-5-6(9)3-13-7(5)8-10-4-11-12(8)2/h3-4H,1-2H3. The van der Waals surface area contributed by atoms with Crippen LogP contribution in [0.1, 0.15) is 5.56 Å². The predicted molar refractivity (Wildman–Crippen MR) is 54.1 cm³/mol. The Balaban J connectivity index is 2.59. The van der Waals surface area contributed by atoms with E-state index in [-0.39, 0.29) is 0 Å². The molecule has 0 atom stereocenters. The summed E-state index contributed by atoms with van der Waals surface area (Å²) >= 11 is 7.54. The molecule has 0 aliphatic carbocycles. The number of aromatic nitrogens is 3. The summed E-state index contributed by atoms with van der Waals surface area (Å²) in [7, 11) is 1.87. The fraction of sp³-hybridized carbons (Fsp3) is 0.250. The second kappa shape index (κ2) is 3.12. The number of nitrogens with zero attached hydrogens (tertiary/aromatic N) is 3. The number of thiophene rings is 1. The van der Waals surface area contributed by atoms with Crippen LogP contribution in [0.3, 0.4) is 0 Å². The maximum absolute atomic E-state index is 5.95. The van der Waals surface area contributed by atoms with Gasteiger partial charge in [0.05, 0.1) is 9.90 Å². The van der Waals surface area contributed by atoms with Crippen LogP contribution in [0, 0.1) is 6.92 Å². The molecule has 0 aliphatic heterocycles. The van der Waals surface area contributed by atoms with E-state index in [1.807, 2.05) is 19.4 Å². The number of halogens is 1. The maximum Gasteiger partial charge on any atom is 0.168 e. The van der Waals surface area contributed by atoms with Gasteiger partial charge >= 0.3 is 0 Å². The van der Waals surface area contributed by atoms with Gasteiger partial charge in [0.2, 0.25) is 0 Å². The summed E-state index contributed by atoms with van der Waals surface area (Å²) in [6, 6.07) is 0. The molecule has 0 saturated carbocycles. The zero-order valence-corrected chi connectivity index (χ0v) is 8.85. The largest absolute Gasteiger partial charge is 0.248 e. The highest BCUT2D eigenvalue weighted by Crippen LogP contribution is 2.33. The van der Waals surface area contributed by atoms with Gasteiger partial charge in [0, 0.05) is 12.4 Å². The smallest absolute Gasteiger partial charge is 0.168 e.